The average Bonchev–Trinajstić information content (AvgIpc) is 3.09. The van der Waals surface area contributed by atoms with Crippen molar-refractivity contribution in [3.63, 3.8) is 0 Å². The molecule has 0 N–H and O–H groups in total. The standard InChI is InChI=1S/C17H19BrN2O2S/c1-19(23(21,22)17-10-4-14(18)5-11-17)15-6-8-16(9-7-15)20-12-2-3-13-20/h4-11H,2-3,12-13H2,1H3. The molecule has 0 bridgehead atoms. The topological polar surface area (TPSA) is 40.6 Å². The van der Waals surface area contributed by atoms with Crippen molar-refractivity contribution in [2.75, 3.05) is 29.3 Å². The molecule has 2 aromatic carbocycles. The zero-order chi connectivity index (χ0) is 16.4. The summed E-state index contributed by atoms with van der Waals surface area (Å²) in [6.45, 7) is 2.15. The van der Waals surface area contributed by atoms with E-state index in [0.29, 0.717) is 5.69 Å². The monoisotopic (exact) mass is 394 g/mol. The van der Waals surface area contributed by atoms with Crippen molar-refractivity contribution in [1.82, 2.24) is 0 Å². The Kier molecular flexibility index (Phi) is 4.64. The maximum atomic E-state index is 12.7. The van der Waals surface area contributed by atoms with Crippen LogP contribution in [0, 0.1) is 0 Å². The molecule has 1 aliphatic heterocycles. The van der Waals surface area contributed by atoms with Gasteiger partial charge in [0.2, 0.25) is 0 Å². The van der Waals surface area contributed by atoms with Crippen molar-refractivity contribution in [1.29, 1.82) is 0 Å². The zero-order valence-electron chi connectivity index (χ0n) is 12.9. The summed E-state index contributed by atoms with van der Waals surface area (Å²) >= 11 is 3.32. The summed E-state index contributed by atoms with van der Waals surface area (Å²) in [5.74, 6) is 0. The molecule has 0 unspecified atom stereocenters. The molecular formula is C17H19BrN2O2S. The fraction of sp³-hybridized carbons (Fsp3) is 0.294. The van der Waals surface area contributed by atoms with Gasteiger partial charge in [-0.05, 0) is 61.4 Å². The van der Waals surface area contributed by atoms with E-state index in [1.165, 1.54) is 17.1 Å². The summed E-state index contributed by atoms with van der Waals surface area (Å²) in [6.07, 6.45) is 2.44. The molecule has 0 saturated carbocycles. The molecule has 1 saturated heterocycles. The number of hydrogen-bond donors (Lipinski definition) is 0. The van der Waals surface area contributed by atoms with Crippen molar-refractivity contribution in [2.24, 2.45) is 0 Å². The van der Waals surface area contributed by atoms with Crippen LogP contribution in [0.3, 0.4) is 0 Å². The molecule has 0 amide bonds. The summed E-state index contributed by atoms with van der Waals surface area (Å²) in [7, 11) is -1.96. The first kappa shape index (κ1) is 16.3. The Morgan fingerprint density at radius 1 is 0.957 bits per heavy atom. The largest absolute Gasteiger partial charge is 0.372 e. The Bertz CT molecular complexity index is 767. The lowest BCUT2D eigenvalue weighted by atomic mass is 10.2. The number of nitrogens with zero attached hydrogens (tertiary/aromatic N) is 2. The highest BCUT2D eigenvalue weighted by molar-refractivity contribution is 9.10. The molecule has 122 valence electrons. The first-order chi connectivity index (χ1) is 11.0. The third-order valence-electron chi connectivity index (χ3n) is 4.16. The van der Waals surface area contributed by atoms with E-state index in [-0.39, 0.29) is 4.90 Å². The van der Waals surface area contributed by atoms with E-state index >= 15 is 0 Å². The van der Waals surface area contributed by atoms with Crippen molar-refractivity contribution in [2.45, 2.75) is 17.7 Å². The van der Waals surface area contributed by atoms with Gasteiger partial charge in [0, 0.05) is 30.3 Å². The number of anilines is 2. The fourth-order valence-electron chi connectivity index (χ4n) is 2.75. The van der Waals surface area contributed by atoms with Gasteiger partial charge in [0.05, 0.1) is 10.6 Å². The smallest absolute Gasteiger partial charge is 0.264 e. The molecule has 6 heteroatoms. The molecule has 2 aromatic rings. The van der Waals surface area contributed by atoms with Crippen LogP contribution in [0.1, 0.15) is 12.8 Å². The summed E-state index contributed by atoms with van der Waals surface area (Å²) in [5.41, 5.74) is 1.82. The predicted octanol–water partition coefficient (Wildman–Crippen LogP) is 3.87. The van der Waals surface area contributed by atoms with E-state index in [4.69, 9.17) is 0 Å². The van der Waals surface area contributed by atoms with E-state index < -0.39 is 10.0 Å². The van der Waals surface area contributed by atoms with Crippen LogP contribution >= 0.6 is 15.9 Å². The van der Waals surface area contributed by atoms with Crippen molar-refractivity contribution in [3.8, 4) is 0 Å². The molecule has 3 rings (SSSR count). The SMILES string of the molecule is CN(c1ccc(N2CCCC2)cc1)S(=O)(=O)c1ccc(Br)cc1. The summed E-state index contributed by atoms with van der Waals surface area (Å²) < 4.78 is 27.5. The van der Waals surface area contributed by atoms with Crippen molar-refractivity contribution < 1.29 is 8.42 Å². The lowest BCUT2D eigenvalue weighted by molar-refractivity contribution is 0.594. The van der Waals surface area contributed by atoms with Crippen LogP contribution in [0.4, 0.5) is 11.4 Å². The van der Waals surface area contributed by atoms with E-state index in [2.05, 4.69) is 20.8 Å². The third kappa shape index (κ3) is 3.38. The fourth-order valence-corrected chi connectivity index (χ4v) is 4.21. The highest BCUT2D eigenvalue weighted by Crippen LogP contribution is 2.27. The Morgan fingerprint density at radius 3 is 2.09 bits per heavy atom. The average molecular weight is 395 g/mol. The number of sulfonamides is 1. The first-order valence-corrected chi connectivity index (χ1v) is 9.81. The van der Waals surface area contributed by atoms with Gasteiger partial charge >= 0.3 is 0 Å². The van der Waals surface area contributed by atoms with E-state index in [0.717, 1.165) is 23.2 Å². The second kappa shape index (κ2) is 6.53. The highest BCUT2D eigenvalue weighted by Gasteiger charge is 2.21. The molecule has 0 aliphatic carbocycles. The Labute approximate surface area is 145 Å². The minimum absolute atomic E-state index is 0.284. The minimum atomic E-state index is -3.54. The van der Waals surface area contributed by atoms with Crippen molar-refractivity contribution in [3.05, 3.63) is 53.0 Å². The van der Waals surface area contributed by atoms with Gasteiger partial charge in [-0.2, -0.15) is 0 Å². The van der Waals surface area contributed by atoms with Gasteiger partial charge in [0.25, 0.3) is 10.0 Å². The second-order valence-corrected chi connectivity index (χ2v) is 8.52. The number of halogens is 1. The Morgan fingerprint density at radius 2 is 1.52 bits per heavy atom. The molecule has 1 heterocycles. The van der Waals surface area contributed by atoms with E-state index in [9.17, 15) is 8.42 Å². The molecule has 0 spiro atoms. The van der Waals surface area contributed by atoms with E-state index in [1.54, 1.807) is 31.3 Å². The van der Waals surface area contributed by atoms with Crippen LogP contribution < -0.4 is 9.21 Å². The minimum Gasteiger partial charge on any atom is -0.372 e. The predicted molar refractivity (Wildman–Crippen MR) is 97.6 cm³/mol. The van der Waals surface area contributed by atoms with Gasteiger partial charge in [0.15, 0.2) is 0 Å². The lowest BCUT2D eigenvalue weighted by Crippen LogP contribution is -2.26. The summed E-state index contributed by atoms with van der Waals surface area (Å²) in [6, 6.07) is 14.4. The van der Waals surface area contributed by atoms with Crippen LogP contribution in [0.25, 0.3) is 0 Å². The van der Waals surface area contributed by atoms with Crippen LogP contribution in [-0.2, 0) is 10.0 Å². The van der Waals surface area contributed by atoms with Gasteiger partial charge < -0.3 is 4.90 Å². The normalized spacial score (nSPS) is 15.0. The van der Waals surface area contributed by atoms with Gasteiger partial charge in [-0.3, -0.25) is 4.31 Å². The second-order valence-electron chi connectivity index (χ2n) is 5.64. The van der Waals surface area contributed by atoms with Crippen LogP contribution in [-0.4, -0.2) is 28.6 Å². The molecule has 4 nitrogen and oxygen atoms in total. The number of rotatable bonds is 4. The maximum absolute atomic E-state index is 12.7. The molecule has 0 atom stereocenters. The highest BCUT2D eigenvalue weighted by atomic mass is 79.9. The molecular weight excluding hydrogens is 376 g/mol. The summed E-state index contributed by atoms with van der Waals surface area (Å²) in [5, 5.41) is 0. The van der Waals surface area contributed by atoms with Gasteiger partial charge in [-0.25, -0.2) is 8.42 Å². The quantitative estimate of drug-likeness (QED) is 0.789. The molecule has 1 aliphatic rings. The van der Waals surface area contributed by atoms with Crippen LogP contribution in [0.5, 0.6) is 0 Å². The van der Waals surface area contributed by atoms with Crippen molar-refractivity contribution >= 4 is 37.3 Å². The van der Waals surface area contributed by atoms with Gasteiger partial charge in [0.1, 0.15) is 0 Å². The van der Waals surface area contributed by atoms with E-state index in [1.807, 2.05) is 24.3 Å². The zero-order valence-corrected chi connectivity index (χ0v) is 15.3. The van der Waals surface area contributed by atoms with Crippen LogP contribution in [0.15, 0.2) is 57.9 Å². The first-order valence-electron chi connectivity index (χ1n) is 7.58. The van der Waals surface area contributed by atoms with Gasteiger partial charge in [-0.1, -0.05) is 15.9 Å². The van der Waals surface area contributed by atoms with Gasteiger partial charge in [-0.15, -0.1) is 0 Å². The molecule has 0 radical (unpaired) electrons. The Balaban J connectivity index is 1.84. The number of hydrogen-bond acceptors (Lipinski definition) is 3. The summed E-state index contributed by atoms with van der Waals surface area (Å²) in [4.78, 5) is 2.61. The molecule has 0 aromatic heterocycles. The number of benzene rings is 2. The molecule has 1 fully saturated rings. The molecule has 23 heavy (non-hydrogen) atoms. The maximum Gasteiger partial charge on any atom is 0.264 e. The lowest BCUT2D eigenvalue weighted by Gasteiger charge is -2.22. The third-order valence-corrected chi connectivity index (χ3v) is 6.49. The Hall–Kier alpha value is -1.53. The van der Waals surface area contributed by atoms with Crippen LogP contribution in [0.2, 0.25) is 0 Å².